The minimum absolute atomic E-state index is 0.0619. The minimum atomic E-state index is 0.0619. The second-order valence-corrected chi connectivity index (χ2v) is 4.81. The summed E-state index contributed by atoms with van der Waals surface area (Å²) in [6, 6.07) is 2.26. The van der Waals surface area contributed by atoms with E-state index in [0.717, 1.165) is 24.8 Å². The summed E-state index contributed by atoms with van der Waals surface area (Å²) in [6.07, 6.45) is 3.14. The molecule has 1 aromatic rings. The fraction of sp³-hybridized carbons (Fsp3) is 0.583. The number of carbonyl (C=O) groups is 1. The maximum atomic E-state index is 11.8. The lowest BCUT2D eigenvalue weighted by Gasteiger charge is -2.11. The number of aryl methyl sites for hydroxylation is 1. The molecule has 1 amide bonds. The van der Waals surface area contributed by atoms with Crippen molar-refractivity contribution in [2.24, 2.45) is 0 Å². The van der Waals surface area contributed by atoms with E-state index in [4.69, 9.17) is 0 Å². The molecule has 0 fully saturated rings. The molecule has 0 saturated carbocycles. The number of amides is 1. The third-order valence-electron chi connectivity index (χ3n) is 2.36. The van der Waals surface area contributed by atoms with Crippen molar-refractivity contribution in [3.05, 3.63) is 21.9 Å². The number of rotatable bonds is 5. The molecule has 0 aliphatic heterocycles. The Labute approximate surface area is 95.7 Å². The fourth-order valence-electron chi connectivity index (χ4n) is 1.50. The van der Waals surface area contributed by atoms with E-state index in [1.165, 1.54) is 4.88 Å². The summed E-state index contributed by atoms with van der Waals surface area (Å²) in [5.41, 5.74) is 0.805. The highest BCUT2D eigenvalue weighted by atomic mass is 32.1. The van der Waals surface area contributed by atoms with Crippen LogP contribution in [-0.2, 0) is 6.42 Å². The van der Waals surface area contributed by atoms with E-state index in [1.54, 1.807) is 11.3 Å². The van der Waals surface area contributed by atoms with E-state index >= 15 is 0 Å². The van der Waals surface area contributed by atoms with Crippen LogP contribution in [0.25, 0.3) is 0 Å². The predicted molar refractivity (Wildman–Crippen MR) is 65.5 cm³/mol. The van der Waals surface area contributed by atoms with Gasteiger partial charge in [-0.1, -0.05) is 20.3 Å². The first-order valence-electron chi connectivity index (χ1n) is 5.55. The highest BCUT2D eigenvalue weighted by Crippen LogP contribution is 2.15. The van der Waals surface area contributed by atoms with Crippen molar-refractivity contribution in [1.29, 1.82) is 0 Å². The lowest BCUT2D eigenvalue weighted by molar-refractivity contribution is 0.0938. The largest absolute Gasteiger partial charge is 0.350 e. The van der Waals surface area contributed by atoms with Gasteiger partial charge in [0.05, 0.1) is 5.56 Å². The lowest BCUT2D eigenvalue weighted by atomic mass is 10.2. The zero-order chi connectivity index (χ0) is 11.3. The summed E-state index contributed by atoms with van der Waals surface area (Å²) < 4.78 is 0. The normalized spacial score (nSPS) is 12.5. The second kappa shape index (κ2) is 5.91. The summed E-state index contributed by atoms with van der Waals surface area (Å²) in [5, 5.41) is 4.94. The smallest absolute Gasteiger partial charge is 0.252 e. The molecule has 0 bridgehead atoms. The van der Waals surface area contributed by atoms with Gasteiger partial charge >= 0.3 is 0 Å². The molecule has 0 saturated heterocycles. The summed E-state index contributed by atoms with van der Waals surface area (Å²) in [4.78, 5) is 13.0. The molecule has 3 heteroatoms. The molecule has 1 rings (SSSR count). The van der Waals surface area contributed by atoms with Crippen LogP contribution in [0.2, 0.25) is 0 Å². The zero-order valence-corrected chi connectivity index (χ0v) is 10.5. The first kappa shape index (κ1) is 12.2. The van der Waals surface area contributed by atoms with Gasteiger partial charge in [0, 0.05) is 16.3 Å². The van der Waals surface area contributed by atoms with Gasteiger partial charge in [-0.25, -0.2) is 0 Å². The van der Waals surface area contributed by atoms with Gasteiger partial charge in [0.1, 0.15) is 0 Å². The van der Waals surface area contributed by atoms with Crippen molar-refractivity contribution >= 4 is 17.2 Å². The topological polar surface area (TPSA) is 29.1 Å². The Balaban J connectivity index is 2.53. The van der Waals surface area contributed by atoms with Crippen molar-refractivity contribution in [2.75, 3.05) is 0 Å². The molecule has 0 aromatic carbocycles. The maximum Gasteiger partial charge on any atom is 0.252 e. The van der Waals surface area contributed by atoms with E-state index in [2.05, 4.69) is 26.1 Å². The fourth-order valence-corrected chi connectivity index (χ4v) is 2.31. The first-order valence-corrected chi connectivity index (χ1v) is 6.43. The maximum absolute atomic E-state index is 11.8. The lowest BCUT2D eigenvalue weighted by Crippen LogP contribution is -2.32. The Morgan fingerprint density at radius 1 is 1.53 bits per heavy atom. The molecule has 84 valence electrons. The number of carbonyl (C=O) groups excluding carboxylic acids is 1. The summed E-state index contributed by atoms with van der Waals surface area (Å²) in [7, 11) is 0. The quantitative estimate of drug-likeness (QED) is 0.819. The molecule has 1 N–H and O–H groups in total. The van der Waals surface area contributed by atoms with Crippen LogP contribution in [0.3, 0.4) is 0 Å². The summed E-state index contributed by atoms with van der Waals surface area (Å²) in [5.74, 6) is 0.0619. The van der Waals surface area contributed by atoms with Gasteiger partial charge < -0.3 is 5.32 Å². The molecular formula is C12H19NOS. The highest BCUT2D eigenvalue weighted by Gasteiger charge is 2.10. The van der Waals surface area contributed by atoms with Gasteiger partial charge in [-0.05, 0) is 25.8 Å². The number of hydrogen-bond acceptors (Lipinski definition) is 2. The van der Waals surface area contributed by atoms with Gasteiger partial charge in [0.15, 0.2) is 0 Å². The summed E-state index contributed by atoms with van der Waals surface area (Å²) >= 11 is 1.66. The molecular weight excluding hydrogens is 206 g/mol. The standard InChI is InChI=1S/C12H19NOS/c1-4-6-9(3)13-12(14)10-7-11(5-2)15-8-10/h7-9H,4-6H2,1-3H3,(H,13,14)/t9-/m0/s1. The molecule has 0 aliphatic carbocycles. The van der Waals surface area contributed by atoms with Crippen LogP contribution in [-0.4, -0.2) is 11.9 Å². The average Bonchev–Trinajstić information content (AvgIpc) is 2.66. The van der Waals surface area contributed by atoms with Crippen molar-refractivity contribution in [3.63, 3.8) is 0 Å². The molecule has 2 nitrogen and oxygen atoms in total. The van der Waals surface area contributed by atoms with Gasteiger partial charge in [-0.3, -0.25) is 4.79 Å². The third-order valence-corrected chi connectivity index (χ3v) is 3.44. The van der Waals surface area contributed by atoms with Gasteiger partial charge in [0.25, 0.3) is 5.91 Å². The monoisotopic (exact) mass is 225 g/mol. The van der Waals surface area contributed by atoms with Gasteiger partial charge in [-0.2, -0.15) is 0 Å². The van der Waals surface area contributed by atoms with Crippen LogP contribution < -0.4 is 5.32 Å². The summed E-state index contributed by atoms with van der Waals surface area (Å²) in [6.45, 7) is 6.28. The molecule has 0 unspecified atom stereocenters. The van der Waals surface area contributed by atoms with Crippen LogP contribution in [0.15, 0.2) is 11.4 Å². The Morgan fingerprint density at radius 2 is 2.27 bits per heavy atom. The van der Waals surface area contributed by atoms with Crippen LogP contribution in [0, 0.1) is 0 Å². The molecule has 1 aromatic heterocycles. The van der Waals surface area contributed by atoms with Gasteiger partial charge in [0.2, 0.25) is 0 Å². The van der Waals surface area contributed by atoms with E-state index in [9.17, 15) is 4.79 Å². The third kappa shape index (κ3) is 3.67. The highest BCUT2D eigenvalue weighted by molar-refractivity contribution is 7.10. The van der Waals surface area contributed by atoms with Crippen LogP contribution in [0.5, 0.6) is 0 Å². The SMILES string of the molecule is CCC[C@H](C)NC(=O)c1csc(CC)c1. The Bertz CT molecular complexity index is 319. The van der Waals surface area contributed by atoms with Crippen molar-refractivity contribution in [1.82, 2.24) is 5.32 Å². The van der Waals surface area contributed by atoms with Crippen LogP contribution in [0.1, 0.15) is 48.8 Å². The first-order chi connectivity index (χ1) is 7.17. The van der Waals surface area contributed by atoms with E-state index in [-0.39, 0.29) is 11.9 Å². The average molecular weight is 225 g/mol. The molecule has 0 spiro atoms. The Kier molecular flexibility index (Phi) is 4.82. The van der Waals surface area contributed by atoms with Crippen LogP contribution in [0.4, 0.5) is 0 Å². The Morgan fingerprint density at radius 3 is 2.80 bits per heavy atom. The van der Waals surface area contributed by atoms with Crippen LogP contribution >= 0.6 is 11.3 Å². The number of hydrogen-bond donors (Lipinski definition) is 1. The van der Waals surface area contributed by atoms with Gasteiger partial charge in [-0.15, -0.1) is 11.3 Å². The zero-order valence-electron chi connectivity index (χ0n) is 9.67. The van der Waals surface area contributed by atoms with E-state index in [0.29, 0.717) is 0 Å². The van der Waals surface area contributed by atoms with E-state index in [1.807, 2.05) is 11.4 Å². The molecule has 0 radical (unpaired) electrons. The molecule has 0 aliphatic rings. The predicted octanol–water partition coefficient (Wildman–Crippen LogP) is 3.23. The molecule has 1 atom stereocenters. The second-order valence-electron chi connectivity index (χ2n) is 3.82. The van der Waals surface area contributed by atoms with Crippen molar-refractivity contribution in [3.8, 4) is 0 Å². The van der Waals surface area contributed by atoms with Crippen molar-refractivity contribution < 1.29 is 4.79 Å². The van der Waals surface area contributed by atoms with E-state index < -0.39 is 0 Å². The number of nitrogens with one attached hydrogen (secondary N) is 1. The van der Waals surface area contributed by atoms with Crippen molar-refractivity contribution in [2.45, 2.75) is 46.1 Å². The molecule has 15 heavy (non-hydrogen) atoms. The minimum Gasteiger partial charge on any atom is -0.350 e. The molecule has 1 heterocycles. The number of thiophene rings is 1. The Hall–Kier alpha value is -0.830.